The molecule has 2 nitrogen and oxygen atoms in total. The lowest BCUT2D eigenvalue weighted by Gasteiger charge is -2.71. The Morgan fingerprint density at radius 3 is 1.03 bits per heavy atom. The van der Waals surface area contributed by atoms with Crippen LogP contribution in [0.4, 0.5) is 0 Å². The lowest BCUT2D eigenvalue weighted by atomic mass is 9.35. The number of benzene rings is 4. The van der Waals surface area contributed by atoms with Gasteiger partial charge in [-0.2, -0.15) is 10.2 Å². The van der Waals surface area contributed by atoms with Crippen LogP contribution >= 0.6 is 0 Å². The van der Waals surface area contributed by atoms with Gasteiger partial charge in [-0.1, -0.05) is 109 Å². The molecule has 2 aliphatic heterocycles. The van der Waals surface area contributed by atoms with Crippen LogP contribution in [0.2, 0.25) is 0 Å². The van der Waals surface area contributed by atoms with Crippen molar-refractivity contribution in [3.05, 3.63) is 143 Å². The Balaban J connectivity index is 1.38. The first-order valence-corrected chi connectivity index (χ1v) is 12.5. The molecular weight excluding hydrogens is 412 g/mol. The fourth-order valence-corrected chi connectivity index (χ4v) is 8.09. The van der Waals surface area contributed by atoms with Crippen LogP contribution in [-0.2, 0) is 12.8 Å². The van der Waals surface area contributed by atoms with Gasteiger partial charge in [-0.25, -0.2) is 0 Å². The van der Waals surface area contributed by atoms with Crippen molar-refractivity contribution < 1.29 is 0 Å². The van der Waals surface area contributed by atoms with Crippen LogP contribution in [-0.4, -0.2) is 11.1 Å². The molecule has 1 saturated carbocycles. The van der Waals surface area contributed by atoms with E-state index < -0.39 is 0 Å². The van der Waals surface area contributed by atoms with E-state index in [0.717, 1.165) is 12.8 Å². The molecule has 0 N–H and O–H groups in total. The minimum absolute atomic E-state index is 0.210. The Labute approximate surface area is 200 Å². The summed E-state index contributed by atoms with van der Waals surface area (Å²) in [6.45, 7) is 0. The second-order valence-corrected chi connectivity index (χ2v) is 10.7. The van der Waals surface area contributed by atoms with Crippen molar-refractivity contribution in [2.75, 3.05) is 0 Å². The third kappa shape index (κ3) is 2.17. The zero-order valence-electron chi connectivity index (χ0n) is 19.0. The van der Waals surface area contributed by atoms with Gasteiger partial charge in [0.25, 0.3) is 0 Å². The first-order chi connectivity index (χ1) is 16.8. The highest BCUT2D eigenvalue weighted by molar-refractivity contribution is 5.64. The molecule has 164 valence electrons. The van der Waals surface area contributed by atoms with Crippen molar-refractivity contribution in [3.63, 3.8) is 0 Å². The summed E-state index contributed by atoms with van der Waals surface area (Å²) in [7, 11) is 0. The van der Waals surface area contributed by atoms with Crippen molar-refractivity contribution in [1.82, 2.24) is 0 Å². The van der Waals surface area contributed by atoms with E-state index in [4.69, 9.17) is 10.2 Å². The van der Waals surface area contributed by atoms with Gasteiger partial charge >= 0.3 is 0 Å². The summed E-state index contributed by atoms with van der Waals surface area (Å²) in [4.78, 5) is 0. The molecule has 0 radical (unpaired) electrons. The van der Waals surface area contributed by atoms with Crippen molar-refractivity contribution in [2.24, 2.45) is 10.2 Å². The molecule has 34 heavy (non-hydrogen) atoms. The lowest BCUT2D eigenvalue weighted by molar-refractivity contribution is -0.00126. The Morgan fingerprint density at radius 1 is 0.412 bits per heavy atom. The summed E-state index contributed by atoms with van der Waals surface area (Å²) >= 11 is 0. The van der Waals surface area contributed by atoms with Crippen molar-refractivity contribution in [2.45, 2.75) is 47.6 Å². The molecule has 2 heteroatoms. The van der Waals surface area contributed by atoms with Crippen molar-refractivity contribution >= 4 is 0 Å². The molecule has 3 aliphatic carbocycles. The normalized spacial score (nSPS) is 33.1. The van der Waals surface area contributed by atoms with Crippen LogP contribution in [0.5, 0.6) is 0 Å². The molecule has 4 aromatic rings. The molecule has 0 amide bonds. The number of fused-ring (bicyclic) bond motifs is 2. The molecule has 0 aromatic heterocycles. The monoisotopic (exact) mass is 438 g/mol. The molecule has 0 spiro atoms. The predicted octanol–water partition coefficient (Wildman–Crippen LogP) is 7.19. The van der Waals surface area contributed by atoms with Gasteiger partial charge in [-0.05, 0) is 33.4 Å². The van der Waals surface area contributed by atoms with Gasteiger partial charge in [0.15, 0.2) is 0 Å². The first kappa shape index (κ1) is 18.9. The summed E-state index contributed by atoms with van der Waals surface area (Å²) in [6, 6.07) is 40.2. The van der Waals surface area contributed by atoms with Crippen LogP contribution in [0.1, 0.15) is 57.1 Å². The van der Waals surface area contributed by atoms with Gasteiger partial charge in [0.2, 0.25) is 0 Å². The highest BCUT2D eigenvalue weighted by Gasteiger charge is 2.76. The SMILES string of the molecule is c1ccc(CC23N=NC(Cc4ccccc4)([C@H]4c5ccccc5[C@@H]42)[C@H]2c4ccccc4[C@@H]23)cc1. The molecule has 9 rings (SSSR count). The van der Waals surface area contributed by atoms with Crippen LogP contribution in [0.3, 0.4) is 0 Å². The summed E-state index contributed by atoms with van der Waals surface area (Å²) in [6.07, 6.45) is 1.90. The fourth-order valence-electron chi connectivity index (χ4n) is 8.09. The summed E-state index contributed by atoms with van der Waals surface area (Å²) in [5.74, 6) is 1.67. The maximum Gasteiger partial charge on any atom is 0.101 e. The van der Waals surface area contributed by atoms with E-state index >= 15 is 0 Å². The van der Waals surface area contributed by atoms with E-state index in [-0.39, 0.29) is 11.1 Å². The zero-order valence-corrected chi connectivity index (χ0v) is 19.0. The van der Waals surface area contributed by atoms with Gasteiger partial charge < -0.3 is 0 Å². The van der Waals surface area contributed by atoms with Crippen LogP contribution in [0, 0.1) is 0 Å². The van der Waals surface area contributed by atoms with Crippen LogP contribution < -0.4 is 0 Å². The minimum atomic E-state index is -0.210. The van der Waals surface area contributed by atoms with E-state index in [0.29, 0.717) is 23.7 Å². The number of hydrogen-bond acceptors (Lipinski definition) is 2. The van der Waals surface area contributed by atoms with Gasteiger partial charge in [0, 0.05) is 36.5 Å². The maximum absolute atomic E-state index is 5.38. The van der Waals surface area contributed by atoms with E-state index in [1.165, 1.54) is 33.4 Å². The van der Waals surface area contributed by atoms with Crippen molar-refractivity contribution in [3.8, 4) is 0 Å². The Morgan fingerprint density at radius 2 is 0.706 bits per heavy atom. The Bertz CT molecular complexity index is 1270. The van der Waals surface area contributed by atoms with E-state index in [1.807, 2.05) is 0 Å². The molecule has 4 aromatic carbocycles. The highest BCUT2D eigenvalue weighted by atomic mass is 15.3. The lowest BCUT2D eigenvalue weighted by Crippen LogP contribution is -2.70. The highest BCUT2D eigenvalue weighted by Crippen LogP contribution is 2.78. The van der Waals surface area contributed by atoms with Crippen LogP contribution in [0.25, 0.3) is 0 Å². The quantitative estimate of drug-likeness (QED) is 0.322. The molecule has 2 heterocycles. The van der Waals surface area contributed by atoms with E-state index in [1.54, 1.807) is 0 Å². The van der Waals surface area contributed by atoms with E-state index in [2.05, 4.69) is 109 Å². The molecule has 1 fully saturated rings. The standard InChI is InChI=1S/C32H26N2/c1-3-11-21(12-4-1)19-31-27-23-15-7-9-17-25(23)29(27)32(34-33-31,20-22-13-5-2-6-14-22)30-26-18-10-8-16-24(26)28(30)31/h1-18,27-30H,19-20H2/t27-,28-,29-,30-,31?,32?/m0/s1. The molecule has 0 saturated heterocycles. The number of nitrogens with zero attached hydrogens (tertiary/aromatic N) is 2. The minimum Gasteiger partial charge on any atom is -0.185 e. The largest absolute Gasteiger partial charge is 0.185 e. The summed E-state index contributed by atoms with van der Waals surface area (Å²) < 4.78 is 0. The molecule has 4 atom stereocenters. The summed E-state index contributed by atoms with van der Waals surface area (Å²) in [5, 5.41) is 10.8. The Hall–Kier alpha value is -3.52. The smallest absolute Gasteiger partial charge is 0.101 e. The fraction of sp³-hybridized carbons (Fsp3) is 0.250. The topological polar surface area (TPSA) is 24.7 Å². The average Bonchev–Trinajstić information content (AvgIpc) is 2.85. The maximum atomic E-state index is 5.38. The number of rotatable bonds is 4. The zero-order chi connectivity index (χ0) is 22.3. The molecule has 0 unspecified atom stereocenters. The van der Waals surface area contributed by atoms with Gasteiger partial charge in [0.05, 0.1) is 0 Å². The third-order valence-corrected chi connectivity index (χ3v) is 9.24. The number of hydrogen-bond donors (Lipinski definition) is 0. The van der Waals surface area contributed by atoms with Gasteiger partial charge in [-0.15, -0.1) is 0 Å². The number of azo groups is 1. The van der Waals surface area contributed by atoms with E-state index in [9.17, 15) is 0 Å². The van der Waals surface area contributed by atoms with Crippen LogP contribution in [0.15, 0.2) is 119 Å². The second-order valence-electron chi connectivity index (χ2n) is 10.7. The third-order valence-electron chi connectivity index (χ3n) is 9.24. The summed E-state index contributed by atoms with van der Waals surface area (Å²) in [5.41, 5.74) is 8.32. The predicted molar refractivity (Wildman–Crippen MR) is 134 cm³/mol. The molecular formula is C32H26N2. The first-order valence-electron chi connectivity index (χ1n) is 12.5. The van der Waals surface area contributed by atoms with Gasteiger partial charge in [0.1, 0.15) is 11.1 Å². The molecule has 2 bridgehead atoms. The Kier molecular flexibility index (Phi) is 3.63. The van der Waals surface area contributed by atoms with Gasteiger partial charge in [-0.3, -0.25) is 0 Å². The average molecular weight is 439 g/mol. The van der Waals surface area contributed by atoms with Crippen molar-refractivity contribution in [1.29, 1.82) is 0 Å². The molecule has 5 aliphatic rings. The second kappa shape index (κ2) is 6.54.